The number of carbonyl (C=O) groups excluding carboxylic acids is 1. The quantitative estimate of drug-likeness (QED) is 0.731. The average molecular weight is 328 g/mol. The number of nitrogens with zero attached hydrogens (tertiary/aromatic N) is 1. The molecule has 0 aliphatic rings. The van der Waals surface area contributed by atoms with Crippen LogP contribution in [0.1, 0.15) is 26.5 Å². The van der Waals surface area contributed by atoms with Crippen molar-refractivity contribution in [2.24, 2.45) is 0 Å². The maximum atomic E-state index is 12.3. The smallest absolute Gasteiger partial charge is 0.275 e. The summed E-state index contributed by atoms with van der Waals surface area (Å²) in [6.45, 7) is 6.09. The number of nitrogens with one attached hydrogen (secondary N) is 1. The number of carbonyl (C=O) groups is 1. The molecule has 5 heteroatoms. The SMILES string of the molecule is Cc1ccc(NC(=O)c2csc(-c3ccc(C)s3)n2)c(C)c1. The minimum absolute atomic E-state index is 0.164. The van der Waals surface area contributed by atoms with Crippen molar-refractivity contribution in [3.05, 3.63) is 57.4 Å². The van der Waals surface area contributed by atoms with Crippen LogP contribution in [0.3, 0.4) is 0 Å². The third-order valence-corrected chi connectivity index (χ3v) is 5.33. The molecular weight excluding hydrogens is 312 g/mol. The minimum Gasteiger partial charge on any atom is -0.320 e. The number of thiazole rings is 1. The monoisotopic (exact) mass is 328 g/mol. The molecule has 0 spiro atoms. The first-order chi connectivity index (χ1) is 10.5. The van der Waals surface area contributed by atoms with Gasteiger partial charge in [0.1, 0.15) is 10.7 Å². The molecule has 0 saturated carbocycles. The standard InChI is InChI=1S/C17H16N2OS2/c1-10-4-6-13(11(2)8-10)18-16(20)14-9-21-17(19-14)15-7-5-12(3)22-15/h4-9H,1-3H3,(H,18,20). The first kappa shape index (κ1) is 14.9. The zero-order valence-corrected chi connectivity index (χ0v) is 14.3. The van der Waals surface area contributed by atoms with Crippen molar-refractivity contribution in [1.29, 1.82) is 0 Å². The summed E-state index contributed by atoms with van der Waals surface area (Å²) in [5, 5.41) is 5.63. The van der Waals surface area contributed by atoms with Gasteiger partial charge < -0.3 is 5.32 Å². The summed E-state index contributed by atoms with van der Waals surface area (Å²) in [6.07, 6.45) is 0. The van der Waals surface area contributed by atoms with Crippen LogP contribution in [0.15, 0.2) is 35.7 Å². The summed E-state index contributed by atoms with van der Waals surface area (Å²) in [4.78, 5) is 19.1. The lowest BCUT2D eigenvalue weighted by molar-refractivity contribution is 0.102. The van der Waals surface area contributed by atoms with Gasteiger partial charge in [-0.2, -0.15) is 0 Å². The molecule has 0 fully saturated rings. The molecule has 0 aliphatic carbocycles. The van der Waals surface area contributed by atoms with Crippen LogP contribution in [-0.4, -0.2) is 10.9 Å². The molecule has 0 unspecified atom stereocenters. The van der Waals surface area contributed by atoms with E-state index in [1.54, 1.807) is 11.3 Å². The van der Waals surface area contributed by atoms with Crippen molar-refractivity contribution in [3.8, 4) is 9.88 Å². The zero-order valence-electron chi connectivity index (χ0n) is 12.6. The topological polar surface area (TPSA) is 42.0 Å². The number of anilines is 1. The first-order valence-electron chi connectivity index (χ1n) is 6.94. The number of hydrogen-bond acceptors (Lipinski definition) is 4. The van der Waals surface area contributed by atoms with Gasteiger partial charge in [-0.25, -0.2) is 4.98 Å². The lowest BCUT2D eigenvalue weighted by atomic mass is 10.1. The second-order valence-corrected chi connectivity index (χ2v) is 7.37. The van der Waals surface area contributed by atoms with E-state index >= 15 is 0 Å². The Morgan fingerprint density at radius 2 is 1.95 bits per heavy atom. The van der Waals surface area contributed by atoms with Crippen LogP contribution >= 0.6 is 22.7 Å². The second kappa shape index (κ2) is 6.02. The van der Waals surface area contributed by atoms with Gasteiger partial charge in [0.05, 0.1) is 4.88 Å². The van der Waals surface area contributed by atoms with E-state index in [0.29, 0.717) is 5.69 Å². The number of hydrogen-bond donors (Lipinski definition) is 1. The highest BCUT2D eigenvalue weighted by molar-refractivity contribution is 7.21. The highest BCUT2D eigenvalue weighted by atomic mass is 32.1. The van der Waals surface area contributed by atoms with Crippen molar-refractivity contribution >= 4 is 34.3 Å². The molecule has 3 aromatic rings. The molecule has 1 amide bonds. The fourth-order valence-electron chi connectivity index (χ4n) is 2.18. The average Bonchev–Trinajstić information content (AvgIpc) is 3.10. The van der Waals surface area contributed by atoms with Gasteiger partial charge in [-0.15, -0.1) is 22.7 Å². The molecule has 3 rings (SSSR count). The van der Waals surface area contributed by atoms with Crippen molar-refractivity contribution in [1.82, 2.24) is 4.98 Å². The van der Waals surface area contributed by atoms with Crippen LogP contribution in [0, 0.1) is 20.8 Å². The fraction of sp³-hybridized carbons (Fsp3) is 0.176. The molecule has 1 aromatic carbocycles. The Balaban J connectivity index is 1.79. The Morgan fingerprint density at radius 1 is 1.14 bits per heavy atom. The minimum atomic E-state index is -0.164. The largest absolute Gasteiger partial charge is 0.320 e. The second-order valence-electron chi connectivity index (χ2n) is 5.22. The lowest BCUT2D eigenvalue weighted by Gasteiger charge is -2.07. The maximum Gasteiger partial charge on any atom is 0.275 e. The Morgan fingerprint density at radius 3 is 2.64 bits per heavy atom. The Labute approximate surface area is 137 Å². The summed E-state index contributed by atoms with van der Waals surface area (Å²) >= 11 is 3.19. The van der Waals surface area contributed by atoms with E-state index in [9.17, 15) is 4.79 Å². The molecular formula is C17H16N2OS2. The van der Waals surface area contributed by atoms with Gasteiger partial charge in [-0.05, 0) is 44.5 Å². The molecule has 1 N–H and O–H groups in total. The van der Waals surface area contributed by atoms with Gasteiger partial charge in [-0.3, -0.25) is 4.79 Å². The third kappa shape index (κ3) is 3.10. The number of benzene rings is 1. The molecule has 0 saturated heterocycles. The zero-order chi connectivity index (χ0) is 15.7. The Kier molecular flexibility index (Phi) is 4.09. The van der Waals surface area contributed by atoms with E-state index in [1.807, 2.05) is 37.4 Å². The van der Waals surface area contributed by atoms with E-state index in [0.717, 1.165) is 21.1 Å². The van der Waals surface area contributed by atoms with E-state index in [1.165, 1.54) is 21.8 Å². The van der Waals surface area contributed by atoms with Crippen LogP contribution in [0.4, 0.5) is 5.69 Å². The number of amides is 1. The third-order valence-electron chi connectivity index (χ3n) is 3.32. The van der Waals surface area contributed by atoms with E-state index in [2.05, 4.69) is 29.4 Å². The summed E-state index contributed by atoms with van der Waals surface area (Å²) in [7, 11) is 0. The molecule has 0 radical (unpaired) electrons. The number of rotatable bonds is 3. The van der Waals surface area contributed by atoms with Crippen LogP contribution < -0.4 is 5.32 Å². The van der Waals surface area contributed by atoms with Gasteiger partial charge in [0.2, 0.25) is 0 Å². The number of aryl methyl sites for hydroxylation is 3. The molecule has 0 bridgehead atoms. The van der Waals surface area contributed by atoms with Crippen LogP contribution in [0.25, 0.3) is 9.88 Å². The lowest BCUT2D eigenvalue weighted by Crippen LogP contribution is -2.13. The molecule has 22 heavy (non-hydrogen) atoms. The van der Waals surface area contributed by atoms with Gasteiger partial charge >= 0.3 is 0 Å². The van der Waals surface area contributed by atoms with Gasteiger partial charge in [0.25, 0.3) is 5.91 Å². The van der Waals surface area contributed by atoms with Crippen molar-refractivity contribution in [3.63, 3.8) is 0 Å². The summed E-state index contributed by atoms with van der Waals surface area (Å²) in [5.41, 5.74) is 3.53. The normalized spacial score (nSPS) is 10.7. The molecule has 112 valence electrons. The van der Waals surface area contributed by atoms with Crippen molar-refractivity contribution in [2.45, 2.75) is 20.8 Å². The van der Waals surface area contributed by atoms with E-state index in [4.69, 9.17) is 0 Å². The van der Waals surface area contributed by atoms with Gasteiger partial charge in [-0.1, -0.05) is 17.7 Å². The summed E-state index contributed by atoms with van der Waals surface area (Å²) in [6, 6.07) is 10.1. The molecule has 3 nitrogen and oxygen atoms in total. The summed E-state index contributed by atoms with van der Waals surface area (Å²) < 4.78 is 0. The van der Waals surface area contributed by atoms with Crippen molar-refractivity contribution < 1.29 is 4.79 Å². The molecule has 0 atom stereocenters. The molecule has 0 aliphatic heterocycles. The van der Waals surface area contributed by atoms with Crippen LogP contribution in [0.2, 0.25) is 0 Å². The Bertz CT molecular complexity index is 833. The number of aromatic nitrogens is 1. The van der Waals surface area contributed by atoms with Crippen molar-refractivity contribution in [2.75, 3.05) is 5.32 Å². The highest BCUT2D eigenvalue weighted by Gasteiger charge is 2.13. The number of thiophene rings is 1. The first-order valence-corrected chi connectivity index (χ1v) is 8.63. The highest BCUT2D eigenvalue weighted by Crippen LogP contribution is 2.30. The molecule has 2 aromatic heterocycles. The Hall–Kier alpha value is -1.98. The predicted octanol–water partition coefficient (Wildman–Crippen LogP) is 5.05. The molecule has 2 heterocycles. The van der Waals surface area contributed by atoms with Gasteiger partial charge in [0.15, 0.2) is 0 Å². The maximum absolute atomic E-state index is 12.3. The van der Waals surface area contributed by atoms with E-state index in [-0.39, 0.29) is 5.91 Å². The van der Waals surface area contributed by atoms with Crippen LogP contribution in [0.5, 0.6) is 0 Å². The summed E-state index contributed by atoms with van der Waals surface area (Å²) in [5.74, 6) is -0.164. The van der Waals surface area contributed by atoms with Gasteiger partial charge in [0, 0.05) is 15.9 Å². The predicted molar refractivity (Wildman–Crippen MR) is 94.0 cm³/mol. The fourth-order valence-corrected chi connectivity index (χ4v) is 3.92. The van der Waals surface area contributed by atoms with E-state index < -0.39 is 0 Å². The van der Waals surface area contributed by atoms with Crippen LogP contribution in [-0.2, 0) is 0 Å².